The molecule has 0 bridgehead atoms. The van der Waals surface area contributed by atoms with Crippen molar-refractivity contribution in [1.29, 1.82) is 0 Å². The van der Waals surface area contributed by atoms with E-state index in [-0.39, 0.29) is 36.2 Å². The molecule has 0 aliphatic carbocycles. The molecule has 0 amide bonds. The van der Waals surface area contributed by atoms with Gasteiger partial charge in [0.1, 0.15) is 6.61 Å². The van der Waals surface area contributed by atoms with Gasteiger partial charge in [0.25, 0.3) is 0 Å². The lowest BCUT2D eigenvalue weighted by Crippen LogP contribution is -2.50. The fraction of sp³-hybridized carbons (Fsp3) is 0.837. The Morgan fingerprint density at radius 1 is 0.588 bits per heavy atom. The molecule has 1 N–H and O–H groups in total. The first-order chi connectivity index (χ1) is 24.6. The fourth-order valence-electron chi connectivity index (χ4n) is 6.06. The molecule has 0 heterocycles. The number of likely N-dealkylation sites (N-methyl/N-ethyl adjacent to an activating group) is 1. The van der Waals surface area contributed by atoms with Crippen LogP contribution in [-0.2, 0) is 28.6 Å². The zero-order valence-corrected chi connectivity index (χ0v) is 33.8. The Morgan fingerprint density at radius 3 is 1.55 bits per heavy atom. The Balaban J connectivity index is 4.40. The van der Waals surface area contributed by atoms with Crippen LogP contribution in [0.15, 0.2) is 24.3 Å². The number of rotatable bonds is 37. The van der Waals surface area contributed by atoms with Gasteiger partial charge in [0.05, 0.1) is 34.4 Å². The summed E-state index contributed by atoms with van der Waals surface area (Å²) in [5, 5.41) is 9.60. The lowest BCUT2D eigenvalue weighted by Gasteiger charge is -2.31. The maximum Gasteiger partial charge on any atom is 0.362 e. The van der Waals surface area contributed by atoms with Gasteiger partial charge in [0, 0.05) is 19.3 Å². The van der Waals surface area contributed by atoms with Crippen molar-refractivity contribution in [2.24, 2.45) is 0 Å². The van der Waals surface area contributed by atoms with Crippen LogP contribution in [0.25, 0.3) is 0 Å². The van der Waals surface area contributed by atoms with Gasteiger partial charge >= 0.3 is 17.9 Å². The van der Waals surface area contributed by atoms with Crippen LogP contribution in [0.1, 0.15) is 181 Å². The van der Waals surface area contributed by atoms with E-state index in [9.17, 15) is 19.5 Å². The van der Waals surface area contributed by atoms with E-state index in [1.807, 2.05) is 21.1 Å². The van der Waals surface area contributed by atoms with E-state index in [0.29, 0.717) is 19.3 Å². The molecular weight excluding hydrogens is 642 g/mol. The molecule has 0 fully saturated rings. The molecule has 0 aromatic rings. The van der Waals surface area contributed by atoms with Gasteiger partial charge in [0.15, 0.2) is 12.1 Å². The summed E-state index contributed by atoms with van der Waals surface area (Å²) in [6.45, 7) is 4.69. The SMILES string of the molecule is CCCCC/C=C\C/C=C\CCCCCCCC(=O)OC(COCCC(C(=O)O)[N+](C)(C)C)COC(=O)CCCCCCCCCCCCCC. The van der Waals surface area contributed by atoms with E-state index < -0.39 is 18.1 Å². The van der Waals surface area contributed by atoms with E-state index >= 15 is 0 Å². The van der Waals surface area contributed by atoms with Crippen molar-refractivity contribution in [3.05, 3.63) is 24.3 Å². The minimum atomic E-state index is -0.877. The fourth-order valence-corrected chi connectivity index (χ4v) is 6.06. The smallest absolute Gasteiger partial charge is 0.362 e. The first-order valence-corrected chi connectivity index (χ1v) is 20.9. The van der Waals surface area contributed by atoms with Gasteiger partial charge in [-0.3, -0.25) is 9.59 Å². The lowest BCUT2D eigenvalue weighted by atomic mass is 10.0. The van der Waals surface area contributed by atoms with Crippen LogP contribution in [0.2, 0.25) is 0 Å². The second kappa shape index (κ2) is 34.9. The number of quaternary nitrogens is 1. The maximum atomic E-state index is 12.7. The van der Waals surface area contributed by atoms with Gasteiger partial charge in [-0.05, 0) is 44.9 Å². The summed E-state index contributed by atoms with van der Waals surface area (Å²) in [6, 6.07) is -0.613. The minimum absolute atomic E-state index is 0.0529. The van der Waals surface area contributed by atoms with Crippen LogP contribution >= 0.6 is 0 Å². The Bertz CT molecular complexity index is 895. The number of carboxylic acids is 1. The van der Waals surface area contributed by atoms with Gasteiger partial charge in [-0.25, -0.2) is 4.79 Å². The van der Waals surface area contributed by atoms with Crippen molar-refractivity contribution < 1.29 is 38.2 Å². The van der Waals surface area contributed by atoms with Crippen LogP contribution in [0.3, 0.4) is 0 Å². The quantitative estimate of drug-likeness (QED) is 0.0295. The third-order valence-electron chi connectivity index (χ3n) is 9.35. The molecule has 2 atom stereocenters. The minimum Gasteiger partial charge on any atom is -0.477 e. The Labute approximate surface area is 313 Å². The number of nitrogens with zero attached hydrogens (tertiary/aromatic N) is 1. The third-order valence-corrected chi connectivity index (χ3v) is 9.35. The molecule has 298 valence electrons. The first-order valence-electron chi connectivity index (χ1n) is 20.9. The number of carboxylic acid groups (broad SMARTS) is 1. The summed E-state index contributed by atoms with van der Waals surface area (Å²) >= 11 is 0. The third kappa shape index (κ3) is 33.4. The zero-order valence-electron chi connectivity index (χ0n) is 33.8. The van der Waals surface area contributed by atoms with Crippen molar-refractivity contribution in [3.8, 4) is 0 Å². The van der Waals surface area contributed by atoms with Crippen LogP contribution in [0.5, 0.6) is 0 Å². The molecule has 0 radical (unpaired) electrons. The molecule has 0 spiro atoms. The molecule has 0 rings (SSSR count). The molecule has 8 nitrogen and oxygen atoms in total. The van der Waals surface area contributed by atoms with Crippen LogP contribution < -0.4 is 0 Å². The number of hydrogen-bond donors (Lipinski definition) is 1. The highest BCUT2D eigenvalue weighted by Gasteiger charge is 2.31. The first kappa shape index (κ1) is 48.8. The molecule has 51 heavy (non-hydrogen) atoms. The second-order valence-corrected chi connectivity index (χ2v) is 15.2. The van der Waals surface area contributed by atoms with Crippen molar-refractivity contribution in [2.75, 3.05) is 41.0 Å². The van der Waals surface area contributed by atoms with Crippen molar-refractivity contribution in [1.82, 2.24) is 0 Å². The van der Waals surface area contributed by atoms with Crippen LogP contribution in [0.4, 0.5) is 0 Å². The van der Waals surface area contributed by atoms with Crippen molar-refractivity contribution in [2.45, 2.75) is 193 Å². The molecular formula is C43H80NO7+. The largest absolute Gasteiger partial charge is 0.477 e. The standard InChI is InChI=1S/C43H79NO7/c1-6-8-10-12-14-16-18-20-21-22-24-26-28-30-32-34-42(46)51-39(37-49-36-35-40(43(47)48)44(3,4)5)38-50-41(45)33-31-29-27-25-23-19-17-15-13-11-9-7-2/h14,16,20-21,39-40H,6-13,15,17-19,22-38H2,1-5H3/p+1/b16-14-,21-20-. The predicted molar refractivity (Wildman–Crippen MR) is 211 cm³/mol. The Kier molecular flexibility index (Phi) is 33.4. The topological polar surface area (TPSA) is 99.1 Å². The summed E-state index contributed by atoms with van der Waals surface area (Å²) in [5.74, 6) is -1.48. The lowest BCUT2D eigenvalue weighted by molar-refractivity contribution is -0.887. The van der Waals surface area contributed by atoms with Gasteiger partial charge in [-0.1, -0.05) is 141 Å². The number of aliphatic carboxylic acids is 1. The molecule has 8 heteroatoms. The van der Waals surface area contributed by atoms with Gasteiger partial charge < -0.3 is 23.8 Å². The zero-order chi connectivity index (χ0) is 37.8. The number of hydrogen-bond acceptors (Lipinski definition) is 6. The average molecular weight is 723 g/mol. The van der Waals surface area contributed by atoms with Crippen molar-refractivity contribution in [3.63, 3.8) is 0 Å². The number of ether oxygens (including phenoxy) is 3. The van der Waals surface area contributed by atoms with Crippen LogP contribution in [0, 0.1) is 0 Å². The Morgan fingerprint density at radius 2 is 1.04 bits per heavy atom. The normalized spacial score (nSPS) is 13.2. The maximum absolute atomic E-state index is 12.7. The second-order valence-electron chi connectivity index (χ2n) is 15.2. The Hall–Kier alpha value is -2.19. The molecule has 0 aliphatic heterocycles. The monoisotopic (exact) mass is 723 g/mol. The molecule has 0 aromatic carbocycles. The summed E-state index contributed by atoms with van der Waals surface area (Å²) in [4.78, 5) is 36.9. The van der Waals surface area contributed by atoms with E-state index in [4.69, 9.17) is 14.2 Å². The molecule has 2 unspecified atom stereocenters. The van der Waals surface area contributed by atoms with Gasteiger partial charge in [0.2, 0.25) is 0 Å². The average Bonchev–Trinajstić information content (AvgIpc) is 3.08. The molecule has 0 saturated heterocycles. The molecule has 0 aromatic heterocycles. The molecule has 0 aliphatic rings. The summed E-state index contributed by atoms with van der Waals surface area (Å²) < 4.78 is 17.2. The van der Waals surface area contributed by atoms with Crippen molar-refractivity contribution >= 4 is 17.9 Å². The molecule has 0 saturated carbocycles. The van der Waals surface area contributed by atoms with E-state index in [1.165, 1.54) is 83.5 Å². The number of carbonyl (C=O) groups is 3. The number of carbonyl (C=O) groups excluding carboxylic acids is 2. The number of allylic oxidation sites excluding steroid dienone is 4. The van der Waals surface area contributed by atoms with Gasteiger partial charge in [-0.15, -0.1) is 0 Å². The summed E-state index contributed by atoms with van der Waals surface area (Å²) in [6.07, 6.45) is 36.4. The highest BCUT2D eigenvalue weighted by molar-refractivity contribution is 5.72. The number of unbranched alkanes of at least 4 members (excludes halogenated alkanes) is 19. The highest BCUT2D eigenvalue weighted by Crippen LogP contribution is 2.14. The van der Waals surface area contributed by atoms with E-state index in [2.05, 4.69) is 38.2 Å². The predicted octanol–water partition coefficient (Wildman–Crippen LogP) is 10.9. The van der Waals surface area contributed by atoms with E-state index in [1.54, 1.807) is 0 Å². The number of esters is 2. The highest BCUT2D eigenvalue weighted by atomic mass is 16.6. The summed E-state index contributed by atoms with van der Waals surface area (Å²) in [7, 11) is 5.52. The van der Waals surface area contributed by atoms with Gasteiger partial charge in [-0.2, -0.15) is 0 Å². The van der Waals surface area contributed by atoms with E-state index in [0.717, 1.165) is 64.2 Å². The van der Waals surface area contributed by atoms with Crippen LogP contribution in [-0.4, -0.2) is 80.6 Å². The summed E-state index contributed by atoms with van der Waals surface area (Å²) in [5.41, 5.74) is 0.